The molecule has 1 aromatic heterocycles. The summed E-state index contributed by atoms with van der Waals surface area (Å²) in [6.07, 6.45) is 4.73. The van der Waals surface area contributed by atoms with Crippen LogP contribution in [0.4, 0.5) is 5.82 Å². The lowest BCUT2D eigenvalue weighted by atomic mass is 10.0. The van der Waals surface area contributed by atoms with Crippen LogP contribution >= 0.6 is 22.6 Å². The maximum atomic E-state index is 11.6. The number of hydrogen-bond donors (Lipinski definition) is 1. The molecule has 98 valence electrons. The molecule has 1 fully saturated rings. The second-order valence-electron chi connectivity index (χ2n) is 4.32. The number of anilines is 1. The third kappa shape index (κ3) is 2.57. The van der Waals surface area contributed by atoms with Crippen molar-refractivity contribution in [3.05, 3.63) is 15.1 Å². The molecule has 1 heterocycles. The number of carbonyl (C=O) groups excluding carboxylic acids is 1. The van der Waals surface area contributed by atoms with Crippen molar-refractivity contribution >= 4 is 34.4 Å². The number of ether oxygens (including phenoxy) is 1. The van der Waals surface area contributed by atoms with E-state index in [0.717, 1.165) is 22.1 Å². The number of rotatable bonds is 3. The highest BCUT2D eigenvalue weighted by Gasteiger charge is 2.25. The topological polar surface area (TPSA) is 64.1 Å². The summed E-state index contributed by atoms with van der Waals surface area (Å²) in [4.78, 5) is 20.2. The van der Waals surface area contributed by atoms with Crippen LogP contribution in [0.25, 0.3) is 0 Å². The van der Waals surface area contributed by atoms with Crippen molar-refractivity contribution in [3.63, 3.8) is 0 Å². The normalized spacial score (nSPS) is 15.7. The second kappa shape index (κ2) is 5.81. The van der Waals surface area contributed by atoms with E-state index in [2.05, 4.69) is 37.9 Å². The number of aromatic nitrogens is 2. The Hall–Kier alpha value is -0.920. The number of methoxy groups -OCH3 is 1. The number of carbonyl (C=O) groups is 1. The Labute approximate surface area is 120 Å². The van der Waals surface area contributed by atoms with Crippen LogP contribution in [-0.2, 0) is 4.74 Å². The molecule has 1 aromatic rings. The van der Waals surface area contributed by atoms with Crippen LogP contribution in [0, 0.1) is 3.57 Å². The van der Waals surface area contributed by atoms with Crippen molar-refractivity contribution in [2.45, 2.75) is 31.6 Å². The summed E-state index contributed by atoms with van der Waals surface area (Å²) in [6, 6.07) is 0. The van der Waals surface area contributed by atoms with E-state index in [1.807, 2.05) is 0 Å². The zero-order chi connectivity index (χ0) is 13.1. The zero-order valence-corrected chi connectivity index (χ0v) is 12.7. The van der Waals surface area contributed by atoms with E-state index in [4.69, 9.17) is 4.74 Å². The lowest BCUT2D eigenvalue weighted by Crippen LogP contribution is -2.14. The van der Waals surface area contributed by atoms with Gasteiger partial charge in [-0.05, 0) is 35.4 Å². The van der Waals surface area contributed by atoms with E-state index < -0.39 is 5.97 Å². The minimum Gasteiger partial charge on any atom is -0.463 e. The van der Waals surface area contributed by atoms with Crippen molar-refractivity contribution in [3.8, 4) is 0 Å². The van der Waals surface area contributed by atoms with Gasteiger partial charge in [-0.1, -0.05) is 12.8 Å². The molecule has 1 aliphatic carbocycles. The Kier molecular flexibility index (Phi) is 4.36. The number of halogens is 1. The van der Waals surface area contributed by atoms with Crippen molar-refractivity contribution < 1.29 is 9.53 Å². The van der Waals surface area contributed by atoms with Gasteiger partial charge in [0, 0.05) is 13.0 Å². The highest BCUT2D eigenvalue weighted by molar-refractivity contribution is 14.1. The number of nitrogens with one attached hydrogen (secondary N) is 1. The molecule has 0 aromatic carbocycles. The molecule has 0 saturated heterocycles. The summed E-state index contributed by atoms with van der Waals surface area (Å²) in [6.45, 7) is 0. The van der Waals surface area contributed by atoms with Gasteiger partial charge >= 0.3 is 5.97 Å². The third-order valence-corrected chi connectivity index (χ3v) is 4.29. The van der Waals surface area contributed by atoms with E-state index in [0.29, 0.717) is 11.7 Å². The van der Waals surface area contributed by atoms with E-state index in [-0.39, 0.29) is 5.82 Å². The Morgan fingerprint density at radius 2 is 2.06 bits per heavy atom. The van der Waals surface area contributed by atoms with Gasteiger partial charge in [0.25, 0.3) is 0 Å². The van der Waals surface area contributed by atoms with Gasteiger partial charge in [-0.15, -0.1) is 0 Å². The fraction of sp³-hybridized carbons (Fsp3) is 0.583. The van der Waals surface area contributed by atoms with E-state index in [9.17, 15) is 4.79 Å². The SMILES string of the molecule is CNc1nc(C(=O)OC)nc(C2CCCC2)c1I. The lowest BCUT2D eigenvalue weighted by molar-refractivity contribution is 0.0586. The average molecular weight is 361 g/mol. The van der Waals surface area contributed by atoms with Crippen LogP contribution in [0.1, 0.15) is 47.9 Å². The molecule has 0 spiro atoms. The fourth-order valence-electron chi connectivity index (χ4n) is 2.28. The molecule has 1 saturated carbocycles. The van der Waals surface area contributed by atoms with Gasteiger partial charge < -0.3 is 10.1 Å². The first-order valence-electron chi connectivity index (χ1n) is 6.01. The predicted octanol–water partition coefficient (Wildman–Crippen LogP) is 2.57. The van der Waals surface area contributed by atoms with Crippen LogP contribution in [0.3, 0.4) is 0 Å². The molecule has 0 bridgehead atoms. The molecular weight excluding hydrogens is 345 g/mol. The standard InChI is InChI=1S/C12H16IN3O2/c1-14-10-8(13)9(7-5-3-4-6-7)15-11(16-10)12(17)18-2/h7H,3-6H2,1-2H3,(H,14,15,16). The summed E-state index contributed by atoms with van der Waals surface area (Å²) in [5.41, 5.74) is 0.979. The third-order valence-electron chi connectivity index (χ3n) is 3.22. The molecule has 18 heavy (non-hydrogen) atoms. The van der Waals surface area contributed by atoms with E-state index in [1.54, 1.807) is 7.05 Å². The van der Waals surface area contributed by atoms with Crippen LogP contribution in [0.15, 0.2) is 0 Å². The molecule has 0 amide bonds. The van der Waals surface area contributed by atoms with Crippen molar-refractivity contribution in [2.24, 2.45) is 0 Å². The van der Waals surface area contributed by atoms with Gasteiger partial charge in [0.15, 0.2) is 0 Å². The summed E-state index contributed by atoms with van der Waals surface area (Å²) < 4.78 is 5.71. The highest BCUT2D eigenvalue weighted by Crippen LogP contribution is 2.36. The number of esters is 1. The van der Waals surface area contributed by atoms with Crippen molar-refractivity contribution in [1.29, 1.82) is 0 Å². The molecule has 0 aliphatic heterocycles. The molecule has 1 N–H and O–H groups in total. The molecule has 5 nitrogen and oxygen atoms in total. The van der Waals surface area contributed by atoms with Gasteiger partial charge in [-0.25, -0.2) is 14.8 Å². The summed E-state index contributed by atoms with van der Waals surface area (Å²) in [7, 11) is 3.14. The summed E-state index contributed by atoms with van der Waals surface area (Å²) in [5.74, 6) is 0.801. The van der Waals surface area contributed by atoms with Crippen LogP contribution < -0.4 is 5.32 Å². The van der Waals surface area contributed by atoms with Gasteiger partial charge in [-0.3, -0.25) is 0 Å². The highest BCUT2D eigenvalue weighted by atomic mass is 127. The molecule has 0 radical (unpaired) electrons. The number of nitrogens with zero attached hydrogens (tertiary/aromatic N) is 2. The Morgan fingerprint density at radius 3 is 2.61 bits per heavy atom. The molecule has 1 aliphatic rings. The molecular formula is C12H16IN3O2. The van der Waals surface area contributed by atoms with E-state index >= 15 is 0 Å². The molecule has 2 rings (SSSR count). The first-order valence-corrected chi connectivity index (χ1v) is 7.08. The fourth-order valence-corrected chi connectivity index (χ4v) is 3.23. The predicted molar refractivity (Wildman–Crippen MR) is 76.8 cm³/mol. The monoisotopic (exact) mass is 361 g/mol. The minimum absolute atomic E-state index is 0.143. The quantitative estimate of drug-likeness (QED) is 0.662. The van der Waals surface area contributed by atoms with Crippen molar-refractivity contribution in [1.82, 2.24) is 9.97 Å². The second-order valence-corrected chi connectivity index (χ2v) is 5.40. The first kappa shape index (κ1) is 13.5. The largest absolute Gasteiger partial charge is 0.463 e. The Balaban J connectivity index is 2.45. The molecule has 0 atom stereocenters. The maximum Gasteiger partial charge on any atom is 0.376 e. The van der Waals surface area contributed by atoms with E-state index in [1.165, 1.54) is 20.0 Å². The minimum atomic E-state index is -0.484. The van der Waals surface area contributed by atoms with Crippen LogP contribution in [-0.4, -0.2) is 30.1 Å². The first-order chi connectivity index (χ1) is 8.67. The van der Waals surface area contributed by atoms with Gasteiger partial charge in [-0.2, -0.15) is 0 Å². The Bertz CT molecular complexity index is 459. The Morgan fingerprint density at radius 1 is 1.39 bits per heavy atom. The van der Waals surface area contributed by atoms with Gasteiger partial charge in [0.1, 0.15) is 5.82 Å². The van der Waals surface area contributed by atoms with Crippen LogP contribution in [0.2, 0.25) is 0 Å². The molecule has 0 unspecified atom stereocenters. The maximum absolute atomic E-state index is 11.6. The van der Waals surface area contributed by atoms with Crippen molar-refractivity contribution in [2.75, 3.05) is 19.5 Å². The lowest BCUT2D eigenvalue weighted by Gasteiger charge is -2.14. The average Bonchev–Trinajstić information content (AvgIpc) is 2.92. The summed E-state index contributed by atoms with van der Waals surface area (Å²) in [5, 5.41) is 3.01. The number of hydrogen-bond acceptors (Lipinski definition) is 5. The summed E-state index contributed by atoms with van der Waals surface area (Å²) >= 11 is 2.24. The van der Waals surface area contributed by atoms with Crippen LogP contribution in [0.5, 0.6) is 0 Å². The van der Waals surface area contributed by atoms with Gasteiger partial charge in [0.2, 0.25) is 5.82 Å². The van der Waals surface area contributed by atoms with Gasteiger partial charge in [0.05, 0.1) is 16.4 Å². The zero-order valence-electron chi connectivity index (χ0n) is 10.5. The molecule has 6 heteroatoms. The smallest absolute Gasteiger partial charge is 0.376 e.